The fraction of sp³-hybridized carbons (Fsp3) is 0.500. The molecule has 2 aliphatic rings. The molecule has 2 N–H and O–H groups in total. The van der Waals surface area contributed by atoms with Gasteiger partial charge in [-0.1, -0.05) is 0 Å². The van der Waals surface area contributed by atoms with Crippen molar-refractivity contribution in [3.63, 3.8) is 0 Å². The molecule has 9 heteroatoms. The van der Waals surface area contributed by atoms with Crippen LogP contribution in [-0.4, -0.2) is 42.2 Å². The van der Waals surface area contributed by atoms with Gasteiger partial charge in [-0.2, -0.15) is 0 Å². The van der Waals surface area contributed by atoms with Crippen molar-refractivity contribution in [2.75, 3.05) is 23.8 Å². The second kappa shape index (κ2) is 7.58. The quantitative estimate of drug-likeness (QED) is 0.618. The summed E-state index contributed by atoms with van der Waals surface area (Å²) in [7, 11) is 0. The number of carbonyl (C=O) groups excluding carboxylic acids is 2. The van der Waals surface area contributed by atoms with Crippen LogP contribution in [0.2, 0.25) is 0 Å². The third-order valence-electron chi connectivity index (χ3n) is 4.16. The van der Waals surface area contributed by atoms with Crippen molar-refractivity contribution in [1.82, 2.24) is 0 Å². The number of nitro benzene ring substituents is 1. The van der Waals surface area contributed by atoms with Crippen LogP contribution < -0.4 is 10.6 Å². The lowest BCUT2D eigenvalue weighted by molar-refractivity contribution is -0.383. The molecule has 3 rings (SSSR count). The lowest BCUT2D eigenvalue weighted by atomic mass is 10.2. The highest BCUT2D eigenvalue weighted by atomic mass is 16.6. The van der Waals surface area contributed by atoms with Crippen molar-refractivity contribution < 1.29 is 24.0 Å². The Morgan fingerprint density at radius 1 is 1.04 bits per heavy atom. The van der Waals surface area contributed by atoms with Crippen LogP contribution in [0.4, 0.5) is 17.1 Å². The van der Waals surface area contributed by atoms with Gasteiger partial charge >= 0.3 is 0 Å². The van der Waals surface area contributed by atoms with Crippen molar-refractivity contribution in [3.05, 3.63) is 28.3 Å². The van der Waals surface area contributed by atoms with Gasteiger partial charge in [0.15, 0.2) is 0 Å². The molecule has 2 saturated heterocycles. The highest BCUT2D eigenvalue weighted by Crippen LogP contribution is 2.29. The smallest absolute Gasteiger partial charge is 0.292 e. The molecule has 2 heterocycles. The summed E-state index contributed by atoms with van der Waals surface area (Å²) in [5, 5.41) is 16.4. The number of rotatable bonds is 5. The summed E-state index contributed by atoms with van der Waals surface area (Å²) >= 11 is 0. The van der Waals surface area contributed by atoms with Crippen molar-refractivity contribution in [3.8, 4) is 0 Å². The van der Waals surface area contributed by atoms with Gasteiger partial charge < -0.3 is 20.1 Å². The minimum atomic E-state index is -0.607. The molecule has 2 amide bonds. The first kappa shape index (κ1) is 17.3. The molecular weight excluding hydrogens is 330 g/mol. The Hall–Kier alpha value is -2.52. The predicted molar refractivity (Wildman–Crippen MR) is 88.3 cm³/mol. The Kier molecular flexibility index (Phi) is 5.25. The molecule has 2 aliphatic heterocycles. The highest BCUT2D eigenvalue weighted by Gasteiger charge is 2.27. The van der Waals surface area contributed by atoms with Crippen LogP contribution in [0.1, 0.15) is 25.7 Å². The van der Waals surface area contributed by atoms with Gasteiger partial charge in [0.25, 0.3) is 17.5 Å². The molecule has 134 valence electrons. The summed E-state index contributed by atoms with van der Waals surface area (Å²) in [6, 6.07) is 4.04. The third-order valence-corrected chi connectivity index (χ3v) is 4.16. The summed E-state index contributed by atoms with van der Waals surface area (Å²) in [4.78, 5) is 34.9. The van der Waals surface area contributed by atoms with E-state index in [9.17, 15) is 19.7 Å². The zero-order valence-corrected chi connectivity index (χ0v) is 13.5. The summed E-state index contributed by atoms with van der Waals surface area (Å²) in [6.45, 7) is 1.04. The van der Waals surface area contributed by atoms with Crippen LogP contribution in [0.3, 0.4) is 0 Å². The number of hydrogen-bond donors (Lipinski definition) is 2. The van der Waals surface area contributed by atoms with Gasteiger partial charge in [-0.15, -0.1) is 0 Å². The van der Waals surface area contributed by atoms with Crippen LogP contribution in [0, 0.1) is 10.1 Å². The van der Waals surface area contributed by atoms with Gasteiger partial charge in [0.05, 0.1) is 4.92 Å². The van der Waals surface area contributed by atoms with E-state index in [2.05, 4.69) is 10.6 Å². The minimum absolute atomic E-state index is 0.0237. The maximum absolute atomic E-state index is 12.2. The van der Waals surface area contributed by atoms with Crippen LogP contribution in [0.25, 0.3) is 0 Å². The topological polar surface area (TPSA) is 120 Å². The van der Waals surface area contributed by atoms with Crippen molar-refractivity contribution >= 4 is 28.9 Å². The zero-order valence-electron chi connectivity index (χ0n) is 13.5. The fourth-order valence-electron chi connectivity index (χ4n) is 2.88. The molecule has 25 heavy (non-hydrogen) atoms. The highest BCUT2D eigenvalue weighted by molar-refractivity contribution is 5.99. The lowest BCUT2D eigenvalue weighted by Crippen LogP contribution is -2.28. The van der Waals surface area contributed by atoms with E-state index < -0.39 is 23.0 Å². The van der Waals surface area contributed by atoms with E-state index in [1.54, 1.807) is 0 Å². The molecule has 2 fully saturated rings. The molecule has 1 aromatic carbocycles. The van der Waals surface area contributed by atoms with E-state index in [0.717, 1.165) is 12.8 Å². The van der Waals surface area contributed by atoms with E-state index in [1.807, 2.05) is 0 Å². The lowest BCUT2D eigenvalue weighted by Gasteiger charge is -2.13. The monoisotopic (exact) mass is 349 g/mol. The van der Waals surface area contributed by atoms with Crippen LogP contribution in [0.15, 0.2) is 18.2 Å². The summed E-state index contributed by atoms with van der Waals surface area (Å²) < 4.78 is 10.6. The largest absolute Gasteiger partial charge is 0.368 e. The minimum Gasteiger partial charge on any atom is -0.368 e. The molecule has 0 spiro atoms. The van der Waals surface area contributed by atoms with E-state index in [1.165, 1.54) is 18.2 Å². The first-order valence-corrected chi connectivity index (χ1v) is 8.18. The molecule has 2 atom stereocenters. The maximum atomic E-state index is 12.2. The molecular formula is C16H19N3O6. The number of carbonyl (C=O) groups is 2. The molecule has 0 radical (unpaired) electrons. The molecule has 0 aliphatic carbocycles. The van der Waals surface area contributed by atoms with Gasteiger partial charge in [0.1, 0.15) is 17.9 Å². The molecule has 0 unspecified atom stereocenters. The number of nitro groups is 1. The normalized spacial score (nSPS) is 22.6. The average molecular weight is 349 g/mol. The Balaban J connectivity index is 1.75. The van der Waals surface area contributed by atoms with Crippen LogP contribution in [0.5, 0.6) is 0 Å². The Morgan fingerprint density at radius 2 is 1.64 bits per heavy atom. The van der Waals surface area contributed by atoms with Crippen molar-refractivity contribution in [2.45, 2.75) is 37.9 Å². The number of nitrogens with zero attached hydrogens (tertiary/aromatic N) is 1. The van der Waals surface area contributed by atoms with Gasteiger partial charge in [-0.05, 0) is 37.8 Å². The van der Waals surface area contributed by atoms with Gasteiger partial charge in [-0.3, -0.25) is 19.7 Å². The predicted octanol–water partition coefficient (Wildman–Crippen LogP) is 1.83. The first-order chi connectivity index (χ1) is 12.0. The number of benzene rings is 1. The second-order valence-corrected chi connectivity index (χ2v) is 5.97. The third kappa shape index (κ3) is 4.12. The van der Waals surface area contributed by atoms with Crippen LogP contribution >= 0.6 is 0 Å². The van der Waals surface area contributed by atoms with E-state index in [0.29, 0.717) is 31.7 Å². The van der Waals surface area contributed by atoms with Gasteiger partial charge in [0, 0.05) is 25.0 Å². The number of hydrogen-bond acceptors (Lipinski definition) is 6. The zero-order chi connectivity index (χ0) is 17.8. The first-order valence-electron chi connectivity index (χ1n) is 8.18. The Morgan fingerprint density at radius 3 is 2.16 bits per heavy atom. The van der Waals surface area contributed by atoms with Crippen molar-refractivity contribution in [2.24, 2.45) is 0 Å². The Labute approximate surface area is 143 Å². The number of ether oxygens (including phenoxy) is 2. The molecule has 0 aromatic heterocycles. The fourth-order valence-corrected chi connectivity index (χ4v) is 2.88. The average Bonchev–Trinajstić information content (AvgIpc) is 3.28. The SMILES string of the molecule is O=C(Nc1ccc([N+](=O)[O-])c(NC(=O)[C@H]2CCCO2)c1)[C@H]1CCCO1. The Bertz CT molecular complexity index is 680. The second-order valence-electron chi connectivity index (χ2n) is 5.97. The molecule has 0 bridgehead atoms. The number of amides is 2. The maximum Gasteiger partial charge on any atom is 0.292 e. The molecule has 9 nitrogen and oxygen atoms in total. The standard InChI is InChI=1S/C16H19N3O6/c20-15(13-3-1-7-24-13)17-10-5-6-12(19(22)23)11(9-10)18-16(21)14-4-2-8-25-14/h5-6,9,13-14H,1-4,7-8H2,(H,17,20)(H,18,21)/t13-,14-/m1/s1. The van der Waals surface area contributed by atoms with Gasteiger partial charge in [-0.25, -0.2) is 0 Å². The summed E-state index contributed by atoms with van der Waals surface area (Å²) in [5.41, 5.74) is 0.130. The van der Waals surface area contributed by atoms with E-state index in [4.69, 9.17) is 9.47 Å². The van der Waals surface area contributed by atoms with Crippen molar-refractivity contribution in [1.29, 1.82) is 0 Å². The van der Waals surface area contributed by atoms with Crippen LogP contribution in [-0.2, 0) is 19.1 Å². The van der Waals surface area contributed by atoms with E-state index in [-0.39, 0.29) is 17.3 Å². The number of anilines is 2. The number of nitrogens with one attached hydrogen (secondary N) is 2. The van der Waals surface area contributed by atoms with Gasteiger partial charge in [0.2, 0.25) is 0 Å². The summed E-state index contributed by atoms with van der Waals surface area (Å²) in [5.74, 6) is -0.731. The molecule has 0 saturated carbocycles. The summed E-state index contributed by atoms with van der Waals surface area (Å²) in [6.07, 6.45) is 1.69. The molecule has 1 aromatic rings. The van der Waals surface area contributed by atoms with E-state index >= 15 is 0 Å².